The summed E-state index contributed by atoms with van der Waals surface area (Å²) < 4.78 is 25.7. The van der Waals surface area contributed by atoms with E-state index in [0.29, 0.717) is 59.3 Å². The third-order valence-electron chi connectivity index (χ3n) is 10.9. The van der Waals surface area contributed by atoms with Gasteiger partial charge in [0.1, 0.15) is 11.6 Å². The van der Waals surface area contributed by atoms with Gasteiger partial charge in [0.2, 0.25) is 0 Å². The van der Waals surface area contributed by atoms with E-state index in [1.807, 2.05) is 23.6 Å². The maximum absolute atomic E-state index is 14.5. The van der Waals surface area contributed by atoms with E-state index in [0.717, 1.165) is 77.8 Å². The number of fused-ring (bicyclic) bond motifs is 4. The maximum Gasteiger partial charge on any atom is 0.265 e. The summed E-state index contributed by atoms with van der Waals surface area (Å²) in [6.45, 7) is 6.49. The molecule has 2 fully saturated rings. The smallest absolute Gasteiger partial charge is 0.265 e. The molecule has 0 bridgehead atoms. The number of pyridine rings is 1. The highest BCUT2D eigenvalue weighted by molar-refractivity contribution is 7.23. The van der Waals surface area contributed by atoms with Crippen LogP contribution in [-0.2, 0) is 28.9 Å². The molecule has 0 aliphatic carbocycles. The van der Waals surface area contributed by atoms with Crippen LogP contribution in [0.5, 0.6) is 0 Å². The van der Waals surface area contributed by atoms with E-state index in [4.69, 9.17) is 14.5 Å². The monoisotopic (exact) mass is 763 g/mol. The summed E-state index contributed by atoms with van der Waals surface area (Å²) in [5.41, 5.74) is 6.31. The van der Waals surface area contributed by atoms with Crippen molar-refractivity contribution >= 4 is 63.3 Å². The van der Waals surface area contributed by atoms with Crippen molar-refractivity contribution in [3.05, 3.63) is 110 Å². The van der Waals surface area contributed by atoms with Crippen molar-refractivity contribution in [1.82, 2.24) is 4.98 Å². The highest BCUT2D eigenvalue weighted by Gasteiger charge is 2.45. The Bertz CT molecular complexity index is 2270. The van der Waals surface area contributed by atoms with Gasteiger partial charge in [-0.25, -0.2) is 9.37 Å². The number of para-hydroxylation sites is 1. The standard InChI is InChI=1S/C41H38FN5O5S2/c1-24-3-2-4-30(42)34(24)45-39(49)33-20-26-9-14-47(32-11-18-53-36(32)35(26)54-33)40(50)25-5-7-28(8-6-25)43-38(48)29-19-27-21-52-15-10-31(27)44-37(29)46-22-41(23-46)12-16-51-17-13-41/h2-8,11,18-20H,9-10,12-17,21-23H2,1H3,(H,43,48)(H,45,49). The van der Waals surface area contributed by atoms with Crippen molar-refractivity contribution in [3.63, 3.8) is 0 Å². The second-order valence-electron chi connectivity index (χ2n) is 14.5. The molecule has 54 heavy (non-hydrogen) atoms. The molecular formula is C41H38FN5O5S2. The molecule has 13 heteroatoms. The lowest BCUT2D eigenvalue weighted by molar-refractivity contribution is -0.000550. The number of carbonyl (C=O) groups excluding carboxylic acids is 3. The number of carbonyl (C=O) groups is 3. The molecule has 7 heterocycles. The van der Waals surface area contributed by atoms with Crippen LogP contribution >= 0.6 is 22.7 Å². The van der Waals surface area contributed by atoms with Crippen LogP contribution in [-0.4, -0.2) is 62.2 Å². The van der Waals surface area contributed by atoms with Crippen molar-refractivity contribution in [1.29, 1.82) is 0 Å². The lowest BCUT2D eigenvalue weighted by Gasteiger charge is -2.53. The first kappa shape index (κ1) is 34.8. The molecule has 3 amide bonds. The fraction of sp³-hybridized carbons (Fsp3) is 0.317. The molecule has 0 unspecified atom stereocenters. The molecule has 2 saturated heterocycles. The van der Waals surface area contributed by atoms with Gasteiger partial charge in [0.25, 0.3) is 17.7 Å². The molecule has 3 aromatic heterocycles. The Kier molecular flexibility index (Phi) is 9.04. The van der Waals surface area contributed by atoms with Crippen LogP contribution in [0.25, 0.3) is 9.75 Å². The lowest BCUT2D eigenvalue weighted by atomic mass is 9.73. The molecule has 0 radical (unpaired) electrons. The number of aromatic nitrogens is 1. The number of aryl methyl sites for hydroxylation is 1. The third-order valence-corrected chi connectivity index (χ3v) is 13.2. The first-order chi connectivity index (χ1) is 26.2. The first-order valence-electron chi connectivity index (χ1n) is 18.2. The number of halogens is 1. The Balaban J connectivity index is 0.907. The molecule has 9 rings (SSSR count). The Morgan fingerprint density at radius 1 is 0.889 bits per heavy atom. The van der Waals surface area contributed by atoms with Crippen LogP contribution in [0, 0.1) is 18.2 Å². The van der Waals surface area contributed by atoms with Gasteiger partial charge >= 0.3 is 0 Å². The molecule has 1 spiro atoms. The van der Waals surface area contributed by atoms with E-state index in [1.54, 1.807) is 48.2 Å². The zero-order valence-corrected chi connectivity index (χ0v) is 31.3. The molecule has 4 aliphatic heterocycles. The summed E-state index contributed by atoms with van der Waals surface area (Å²) in [6.07, 6.45) is 3.31. The van der Waals surface area contributed by atoms with Crippen LogP contribution < -0.4 is 20.4 Å². The molecule has 276 valence electrons. The average Bonchev–Trinajstić information content (AvgIpc) is 3.80. The normalized spacial score (nSPS) is 17.1. The summed E-state index contributed by atoms with van der Waals surface area (Å²) in [7, 11) is 0. The summed E-state index contributed by atoms with van der Waals surface area (Å²) >= 11 is 2.87. The van der Waals surface area contributed by atoms with Crippen LogP contribution in [0.15, 0.2) is 66.0 Å². The first-order valence-corrected chi connectivity index (χ1v) is 19.9. The molecule has 4 aliphatic rings. The largest absolute Gasteiger partial charge is 0.381 e. The zero-order chi connectivity index (χ0) is 37.0. The van der Waals surface area contributed by atoms with Crippen LogP contribution in [0.1, 0.15) is 65.6 Å². The third kappa shape index (κ3) is 6.38. The van der Waals surface area contributed by atoms with Crippen LogP contribution in [0.2, 0.25) is 0 Å². The number of amides is 3. The zero-order valence-electron chi connectivity index (χ0n) is 29.7. The van der Waals surface area contributed by atoms with E-state index in [1.165, 1.54) is 28.7 Å². The van der Waals surface area contributed by atoms with Gasteiger partial charge in [0.05, 0.1) is 50.5 Å². The van der Waals surface area contributed by atoms with Crippen molar-refractivity contribution < 1.29 is 28.2 Å². The second kappa shape index (κ2) is 14.0. The van der Waals surface area contributed by atoms with Crippen LogP contribution in [0.4, 0.5) is 27.3 Å². The number of anilines is 4. The minimum atomic E-state index is -0.478. The van der Waals surface area contributed by atoms with Crippen LogP contribution in [0.3, 0.4) is 0 Å². The van der Waals surface area contributed by atoms with Gasteiger partial charge in [-0.05, 0) is 91.2 Å². The van der Waals surface area contributed by atoms with Gasteiger partial charge in [0.15, 0.2) is 0 Å². The predicted octanol–water partition coefficient (Wildman–Crippen LogP) is 7.72. The topological polar surface area (TPSA) is 113 Å². The highest BCUT2D eigenvalue weighted by atomic mass is 32.1. The minimum absolute atomic E-state index is 0.156. The Morgan fingerprint density at radius 3 is 2.50 bits per heavy atom. The molecule has 0 saturated carbocycles. The van der Waals surface area contributed by atoms with Crippen molar-refractivity contribution in [2.75, 3.05) is 59.9 Å². The lowest BCUT2D eigenvalue weighted by Crippen LogP contribution is -2.59. The van der Waals surface area contributed by atoms with Gasteiger partial charge in [0, 0.05) is 61.5 Å². The van der Waals surface area contributed by atoms with Gasteiger partial charge in [-0.15, -0.1) is 22.7 Å². The van der Waals surface area contributed by atoms with E-state index in [9.17, 15) is 18.8 Å². The Labute approximate surface area is 319 Å². The quantitative estimate of drug-likeness (QED) is 0.182. The maximum atomic E-state index is 14.5. The summed E-state index contributed by atoms with van der Waals surface area (Å²) in [5, 5.41) is 7.74. The van der Waals surface area contributed by atoms with Gasteiger partial charge in [-0.3, -0.25) is 14.4 Å². The molecule has 2 aromatic carbocycles. The van der Waals surface area contributed by atoms with Gasteiger partial charge in [-0.2, -0.15) is 0 Å². The number of hydrogen-bond donors (Lipinski definition) is 2. The number of nitrogens with zero attached hydrogens (tertiary/aromatic N) is 3. The number of nitrogens with one attached hydrogen (secondary N) is 2. The van der Waals surface area contributed by atoms with Crippen molar-refractivity contribution in [3.8, 4) is 9.75 Å². The molecular weight excluding hydrogens is 726 g/mol. The van der Waals surface area contributed by atoms with E-state index in [-0.39, 0.29) is 28.8 Å². The number of thiophene rings is 2. The molecule has 10 nitrogen and oxygen atoms in total. The van der Waals surface area contributed by atoms with Gasteiger partial charge < -0.3 is 29.9 Å². The minimum Gasteiger partial charge on any atom is -0.381 e. The molecule has 5 aromatic rings. The van der Waals surface area contributed by atoms with E-state index in [2.05, 4.69) is 15.5 Å². The number of ether oxygens (including phenoxy) is 2. The highest BCUT2D eigenvalue weighted by Crippen LogP contribution is 2.46. The fourth-order valence-electron chi connectivity index (χ4n) is 7.90. The second-order valence-corrected chi connectivity index (χ2v) is 16.4. The Hall–Kier alpha value is -4.95. The molecule has 2 N–H and O–H groups in total. The summed E-state index contributed by atoms with van der Waals surface area (Å²) in [4.78, 5) is 52.4. The predicted molar refractivity (Wildman–Crippen MR) is 209 cm³/mol. The average molecular weight is 764 g/mol. The SMILES string of the molecule is Cc1cccc(F)c1NC(=O)c1cc2c(s1)-c1sccc1N(C(=O)c1ccc(NC(=O)c3cc4c(nc3N3CC5(CCOCC5)C3)CCOC4)cc1)CC2. The summed E-state index contributed by atoms with van der Waals surface area (Å²) in [6, 6.07) is 17.4. The van der Waals surface area contributed by atoms with Crippen molar-refractivity contribution in [2.24, 2.45) is 5.41 Å². The summed E-state index contributed by atoms with van der Waals surface area (Å²) in [5.74, 6) is -0.537. The van der Waals surface area contributed by atoms with E-state index < -0.39 is 5.82 Å². The fourth-order valence-corrected chi connectivity index (χ4v) is 10.1. The molecule has 0 atom stereocenters. The van der Waals surface area contributed by atoms with E-state index >= 15 is 0 Å². The van der Waals surface area contributed by atoms with Crippen molar-refractivity contribution in [2.45, 2.75) is 39.2 Å². The number of hydrogen-bond acceptors (Lipinski definition) is 9. The Morgan fingerprint density at radius 2 is 1.70 bits per heavy atom. The van der Waals surface area contributed by atoms with Gasteiger partial charge in [-0.1, -0.05) is 12.1 Å². The number of rotatable bonds is 6. The number of benzene rings is 2.